The Labute approximate surface area is 159 Å². The minimum absolute atomic E-state index is 0.000326. The van der Waals surface area contributed by atoms with Crippen LogP contribution in [0.25, 0.3) is 11.3 Å². The lowest BCUT2D eigenvalue weighted by molar-refractivity contribution is -0.136. The van der Waals surface area contributed by atoms with Gasteiger partial charge in [0.15, 0.2) is 0 Å². The van der Waals surface area contributed by atoms with Crippen molar-refractivity contribution in [3.05, 3.63) is 24.2 Å². The fourth-order valence-electron chi connectivity index (χ4n) is 4.16. The lowest BCUT2D eigenvalue weighted by Gasteiger charge is -2.25. The van der Waals surface area contributed by atoms with Crippen LogP contribution in [0.4, 0.5) is 5.95 Å². The predicted molar refractivity (Wildman–Crippen MR) is 101 cm³/mol. The number of carbonyl (C=O) groups is 1. The first-order valence-electron chi connectivity index (χ1n) is 9.57. The molecule has 0 aliphatic carbocycles. The van der Waals surface area contributed by atoms with Gasteiger partial charge in [-0.1, -0.05) is 0 Å². The number of amides is 1. The maximum atomic E-state index is 12.5. The second-order valence-corrected chi connectivity index (χ2v) is 7.18. The molecule has 8 nitrogen and oxygen atoms in total. The third-order valence-corrected chi connectivity index (χ3v) is 5.45. The molecule has 2 fully saturated rings. The van der Waals surface area contributed by atoms with Crippen molar-refractivity contribution in [3.63, 3.8) is 0 Å². The highest BCUT2D eigenvalue weighted by Crippen LogP contribution is 2.37. The Balaban J connectivity index is 1.68. The molecule has 2 saturated heterocycles. The van der Waals surface area contributed by atoms with Crippen LogP contribution in [0.3, 0.4) is 0 Å². The van der Waals surface area contributed by atoms with Crippen LogP contribution in [0.15, 0.2) is 18.5 Å². The molecule has 2 aliphatic rings. The zero-order valence-corrected chi connectivity index (χ0v) is 16.0. The van der Waals surface area contributed by atoms with Crippen molar-refractivity contribution in [2.75, 3.05) is 38.3 Å². The molecule has 0 spiro atoms. The summed E-state index contributed by atoms with van der Waals surface area (Å²) in [5.74, 6) is 0.797. The van der Waals surface area contributed by atoms with E-state index in [4.69, 9.17) is 9.72 Å². The van der Waals surface area contributed by atoms with Gasteiger partial charge in [0.2, 0.25) is 11.9 Å². The molecule has 0 N–H and O–H groups in total. The molecule has 27 heavy (non-hydrogen) atoms. The number of methoxy groups -OCH3 is 1. The molecule has 2 aromatic heterocycles. The van der Waals surface area contributed by atoms with Gasteiger partial charge in [-0.3, -0.25) is 9.48 Å². The first kappa shape index (κ1) is 17.9. The van der Waals surface area contributed by atoms with Crippen molar-refractivity contribution < 1.29 is 9.53 Å². The molecule has 2 aromatic rings. The molecule has 0 saturated carbocycles. The molecule has 4 rings (SSSR count). The van der Waals surface area contributed by atoms with E-state index < -0.39 is 0 Å². The minimum atomic E-state index is 0.000326. The molecule has 0 aromatic carbocycles. The summed E-state index contributed by atoms with van der Waals surface area (Å²) in [6.45, 7) is 2.87. The van der Waals surface area contributed by atoms with Gasteiger partial charge in [0.1, 0.15) is 6.61 Å². The molecule has 1 atom stereocenters. The lowest BCUT2D eigenvalue weighted by Crippen LogP contribution is -2.34. The number of aryl methyl sites for hydroxylation is 1. The standard InChI is InChI=1S/C19H26N6O2/c1-23-18(16-6-5-11-25(16)17(26)13-27-2)14(12-21-23)15-7-8-20-19(22-15)24-9-3-4-10-24/h7-8,12,16H,3-6,9-11,13H2,1-2H3/t16-/m0/s1. The highest BCUT2D eigenvalue weighted by Gasteiger charge is 2.34. The molecule has 0 unspecified atom stereocenters. The van der Waals surface area contributed by atoms with Gasteiger partial charge in [0.05, 0.1) is 23.6 Å². The Kier molecular flexibility index (Phi) is 5.07. The zero-order chi connectivity index (χ0) is 18.8. The molecule has 0 bridgehead atoms. The van der Waals surface area contributed by atoms with E-state index in [2.05, 4.69) is 15.0 Å². The molecule has 144 valence electrons. The van der Waals surface area contributed by atoms with E-state index >= 15 is 0 Å². The Bertz CT molecular complexity index is 814. The summed E-state index contributed by atoms with van der Waals surface area (Å²) in [7, 11) is 3.48. The molecule has 0 radical (unpaired) electrons. The monoisotopic (exact) mass is 370 g/mol. The smallest absolute Gasteiger partial charge is 0.249 e. The summed E-state index contributed by atoms with van der Waals surface area (Å²) >= 11 is 0. The molecular weight excluding hydrogens is 344 g/mol. The van der Waals surface area contributed by atoms with Gasteiger partial charge in [-0.15, -0.1) is 0 Å². The number of nitrogens with zero attached hydrogens (tertiary/aromatic N) is 6. The Hall–Kier alpha value is -2.48. The largest absolute Gasteiger partial charge is 0.375 e. The molecule has 1 amide bonds. The highest BCUT2D eigenvalue weighted by atomic mass is 16.5. The maximum Gasteiger partial charge on any atom is 0.249 e. The van der Waals surface area contributed by atoms with Crippen LogP contribution in [0.5, 0.6) is 0 Å². The van der Waals surface area contributed by atoms with Crippen LogP contribution in [-0.2, 0) is 16.6 Å². The summed E-state index contributed by atoms with van der Waals surface area (Å²) in [6.07, 6.45) is 7.94. The number of ether oxygens (including phenoxy) is 1. The van der Waals surface area contributed by atoms with Gasteiger partial charge in [-0.2, -0.15) is 5.10 Å². The van der Waals surface area contributed by atoms with E-state index in [0.717, 1.165) is 55.4 Å². The number of likely N-dealkylation sites (tertiary alicyclic amines) is 1. The van der Waals surface area contributed by atoms with Crippen LogP contribution in [0, 0.1) is 0 Å². The van der Waals surface area contributed by atoms with Crippen molar-refractivity contribution in [2.45, 2.75) is 31.7 Å². The van der Waals surface area contributed by atoms with Crippen molar-refractivity contribution in [3.8, 4) is 11.3 Å². The van der Waals surface area contributed by atoms with Gasteiger partial charge in [-0.25, -0.2) is 9.97 Å². The van der Waals surface area contributed by atoms with E-state index in [1.807, 2.05) is 35.1 Å². The van der Waals surface area contributed by atoms with Gasteiger partial charge < -0.3 is 14.5 Å². The number of carbonyl (C=O) groups excluding carboxylic acids is 1. The van der Waals surface area contributed by atoms with Crippen LogP contribution in [-0.4, -0.2) is 63.9 Å². The lowest BCUT2D eigenvalue weighted by atomic mass is 10.0. The topological polar surface area (TPSA) is 76.4 Å². The Morgan fingerprint density at radius 2 is 2.07 bits per heavy atom. The average molecular weight is 370 g/mol. The van der Waals surface area contributed by atoms with Crippen molar-refractivity contribution in [2.24, 2.45) is 7.05 Å². The first-order valence-corrected chi connectivity index (χ1v) is 9.57. The summed E-state index contributed by atoms with van der Waals surface area (Å²) in [4.78, 5) is 25.9. The first-order chi connectivity index (χ1) is 13.2. The number of anilines is 1. The van der Waals surface area contributed by atoms with Crippen molar-refractivity contribution >= 4 is 11.9 Å². The Morgan fingerprint density at radius 1 is 1.26 bits per heavy atom. The average Bonchev–Trinajstić information content (AvgIpc) is 3.42. The van der Waals surface area contributed by atoms with Crippen LogP contribution in [0.2, 0.25) is 0 Å². The third kappa shape index (κ3) is 3.41. The Morgan fingerprint density at radius 3 is 2.85 bits per heavy atom. The van der Waals surface area contributed by atoms with E-state index in [9.17, 15) is 4.79 Å². The van der Waals surface area contributed by atoms with E-state index in [1.165, 1.54) is 12.8 Å². The van der Waals surface area contributed by atoms with Crippen LogP contribution >= 0.6 is 0 Å². The summed E-state index contributed by atoms with van der Waals surface area (Å²) in [5, 5.41) is 4.48. The zero-order valence-electron chi connectivity index (χ0n) is 16.0. The summed E-state index contributed by atoms with van der Waals surface area (Å²) < 4.78 is 6.93. The number of aromatic nitrogens is 4. The number of hydrogen-bond acceptors (Lipinski definition) is 6. The molecule has 8 heteroatoms. The molecule has 4 heterocycles. The van der Waals surface area contributed by atoms with Gasteiger partial charge >= 0.3 is 0 Å². The van der Waals surface area contributed by atoms with E-state index in [1.54, 1.807) is 7.11 Å². The van der Waals surface area contributed by atoms with Crippen molar-refractivity contribution in [1.82, 2.24) is 24.6 Å². The van der Waals surface area contributed by atoms with Crippen LogP contribution < -0.4 is 4.90 Å². The SMILES string of the molecule is COCC(=O)N1CCC[C@H]1c1c(-c2ccnc(N3CCCC3)n2)cnn1C. The molecule has 2 aliphatic heterocycles. The van der Waals surface area contributed by atoms with E-state index in [-0.39, 0.29) is 18.6 Å². The fraction of sp³-hybridized carbons (Fsp3) is 0.579. The van der Waals surface area contributed by atoms with Gasteiger partial charge in [0, 0.05) is 45.6 Å². The van der Waals surface area contributed by atoms with Gasteiger partial charge in [-0.05, 0) is 31.7 Å². The van der Waals surface area contributed by atoms with Crippen LogP contribution in [0.1, 0.15) is 37.4 Å². The second kappa shape index (κ2) is 7.64. The van der Waals surface area contributed by atoms with E-state index in [0.29, 0.717) is 0 Å². The minimum Gasteiger partial charge on any atom is -0.375 e. The second-order valence-electron chi connectivity index (χ2n) is 7.18. The number of hydrogen-bond donors (Lipinski definition) is 0. The van der Waals surface area contributed by atoms with Crippen molar-refractivity contribution in [1.29, 1.82) is 0 Å². The quantitative estimate of drug-likeness (QED) is 0.799. The number of rotatable bonds is 5. The van der Waals surface area contributed by atoms with Gasteiger partial charge in [0.25, 0.3) is 0 Å². The summed E-state index contributed by atoms with van der Waals surface area (Å²) in [6, 6.07) is 1.93. The fourth-order valence-corrected chi connectivity index (χ4v) is 4.16. The maximum absolute atomic E-state index is 12.5. The predicted octanol–water partition coefficient (Wildman–Crippen LogP) is 1.79. The summed E-state index contributed by atoms with van der Waals surface area (Å²) in [5.41, 5.74) is 2.87. The molecular formula is C19H26N6O2. The normalized spacial score (nSPS) is 19.9. The highest BCUT2D eigenvalue weighted by molar-refractivity contribution is 5.78. The third-order valence-electron chi connectivity index (χ3n) is 5.45.